The highest BCUT2D eigenvalue weighted by Crippen LogP contribution is 2.18. The summed E-state index contributed by atoms with van der Waals surface area (Å²) < 4.78 is 28.7. The summed E-state index contributed by atoms with van der Waals surface area (Å²) in [5.41, 5.74) is 0.796. The van der Waals surface area contributed by atoms with Gasteiger partial charge >= 0.3 is 18.4 Å². The molecule has 1 N–H and O–H groups in total. The summed E-state index contributed by atoms with van der Waals surface area (Å²) in [6, 6.07) is 6.30. The number of piperazine rings is 1. The lowest BCUT2D eigenvalue weighted by Gasteiger charge is -2.34. The van der Waals surface area contributed by atoms with Crippen LogP contribution < -0.4 is 10.1 Å². The molecule has 1 saturated heterocycles. The van der Waals surface area contributed by atoms with Gasteiger partial charge in [0.1, 0.15) is 5.75 Å². The van der Waals surface area contributed by atoms with Gasteiger partial charge in [-0.2, -0.15) is 8.78 Å². The Labute approximate surface area is 173 Å². The molecule has 1 aromatic carbocycles. The van der Waals surface area contributed by atoms with Crippen LogP contribution in [0.15, 0.2) is 24.3 Å². The Morgan fingerprint density at radius 3 is 2.33 bits per heavy atom. The molecule has 3 rings (SSSR count). The van der Waals surface area contributed by atoms with E-state index in [1.807, 2.05) is 4.90 Å². The van der Waals surface area contributed by atoms with Crippen LogP contribution in [0.5, 0.6) is 5.75 Å². The Kier molecular flexibility index (Phi) is 7.20. The van der Waals surface area contributed by atoms with Gasteiger partial charge in [-0.25, -0.2) is 0 Å². The molecule has 30 heavy (non-hydrogen) atoms. The summed E-state index contributed by atoms with van der Waals surface area (Å²) in [4.78, 5) is 41.5. The van der Waals surface area contributed by atoms with Crippen LogP contribution in [0.3, 0.4) is 0 Å². The zero-order chi connectivity index (χ0) is 21.7. The van der Waals surface area contributed by atoms with E-state index in [1.165, 1.54) is 17.0 Å². The van der Waals surface area contributed by atoms with Crippen molar-refractivity contribution in [2.75, 3.05) is 39.8 Å². The summed E-state index contributed by atoms with van der Waals surface area (Å²) in [7, 11) is 1.67. The van der Waals surface area contributed by atoms with Gasteiger partial charge in [0.2, 0.25) is 5.91 Å². The first-order valence-electron chi connectivity index (χ1n) is 9.91. The van der Waals surface area contributed by atoms with Gasteiger partial charge in [0.25, 0.3) is 0 Å². The van der Waals surface area contributed by atoms with Crippen LogP contribution in [0.25, 0.3) is 0 Å². The number of hydrogen-bond acceptors (Lipinski definition) is 5. The van der Waals surface area contributed by atoms with Crippen molar-refractivity contribution in [2.45, 2.75) is 32.0 Å². The molecule has 1 aromatic rings. The number of alkyl halides is 2. The fourth-order valence-corrected chi connectivity index (χ4v) is 3.18. The maximum absolute atomic E-state index is 12.5. The molecule has 8 nitrogen and oxygen atoms in total. The molecule has 1 saturated carbocycles. The van der Waals surface area contributed by atoms with Crippen LogP contribution in [0.4, 0.5) is 8.78 Å². The molecule has 3 amide bonds. The van der Waals surface area contributed by atoms with Crippen LogP contribution in [0.2, 0.25) is 0 Å². The van der Waals surface area contributed by atoms with Gasteiger partial charge in [0.15, 0.2) is 0 Å². The van der Waals surface area contributed by atoms with E-state index in [4.69, 9.17) is 0 Å². The van der Waals surface area contributed by atoms with E-state index >= 15 is 0 Å². The number of amides is 3. The van der Waals surface area contributed by atoms with Gasteiger partial charge in [-0.05, 0) is 30.5 Å². The smallest absolute Gasteiger partial charge is 0.387 e. The Morgan fingerprint density at radius 1 is 1.13 bits per heavy atom. The van der Waals surface area contributed by atoms with Crippen LogP contribution >= 0.6 is 0 Å². The minimum absolute atomic E-state index is 0.0703. The highest BCUT2D eigenvalue weighted by Gasteiger charge is 2.31. The van der Waals surface area contributed by atoms with Crippen molar-refractivity contribution >= 4 is 17.7 Å². The molecule has 0 unspecified atom stereocenters. The predicted octanol–water partition coefficient (Wildman–Crippen LogP) is 0.669. The molecule has 10 heteroatoms. The summed E-state index contributed by atoms with van der Waals surface area (Å²) in [6.07, 6.45) is 1.85. The van der Waals surface area contributed by atoms with Gasteiger partial charge in [-0.1, -0.05) is 12.1 Å². The molecule has 1 heterocycles. The van der Waals surface area contributed by atoms with Crippen molar-refractivity contribution in [2.24, 2.45) is 0 Å². The SMILES string of the molecule is CN(Cc1ccc(OC(F)F)cc1)C(=O)CN1CCN(C(=O)C(=O)NC2CC2)CC1. The highest BCUT2D eigenvalue weighted by atomic mass is 19.3. The number of likely N-dealkylation sites (N-methyl/N-ethyl adjacent to an activating group) is 1. The average Bonchev–Trinajstić information content (AvgIpc) is 3.53. The second-order valence-corrected chi connectivity index (χ2v) is 7.59. The molecule has 0 radical (unpaired) electrons. The fourth-order valence-electron chi connectivity index (χ4n) is 3.18. The van der Waals surface area contributed by atoms with Crippen LogP contribution in [0, 0.1) is 0 Å². The summed E-state index contributed by atoms with van der Waals surface area (Å²) >= 11 is 0. The second kappa shape index (κ2) is 9.84. The van der Waals surface area contributed by atoms with Crippen molar-refractivity contribution in [3.05, 3.63) is 29.8 Å². The Morgan fingerprint density at radius 2 is 1.77 bits per heavy atom. The van der Waals surface area contributed by atoms with E-state index in [9.17, 15) is 23.2 Å². The third-order valence-corrected chi connectivity index (χ3v) is 5.12. The van der Waals surface area contributed by atoms with Crippen molar-refractivity contribution in [1.82, 2.24) is 20.0 Å². The molecular weight excluding hydrogens is 398 g/mol. The van der Waals surface area contributed by atoms with Gasteiger partial charge in [-0.15, -0.1) is 0 Å². The maximum Gasteiger partial charge on any atom is 0.387 e. The zero-order valence-electron chi connectivity index (χ0n) is 16.9. The lowest BCUT2D eigenvalue weighted by atomic mass is 10.2. The molecule has 0 bridgehead atoms. The maximum atomic E-state index is 12.5. The number of carbonyl (C=O) groups excluding carboxylic acids is 3. The van der Waals surface area contributed by atoms with Crippen molar-refractivity contribution in [1.29, 1.82) is 0 Å². The average molecular weight is 424 g/mol. The standard InChI is InChI=1S/C20H26F2N4O4/c1-24(12-14-2-6-16(7-3-14)30-20(21)22)17(27)13-25-8-10-26(11-9-25)19(29)18(28)23-15-4-5-15/h2-3,6-7,15,20H,4-5,8-13H2,1H3,(H,23,28). The van der Waals surface area contributed by atoms with E-state index in [2.05, 4.69) is 10.1 Å². The minimum Gasteiger partial charge on any atom is -0.435 e. The van der Waals surface area contributed by atoms with Gasteiger partial charge < -0.3 is 19.9 Å². The first kappa shape index (κ1) is 21.9. The number of rotatable bonds is 7. The van der Waals surface area contributed by atoms with Crippen LogP contribution in [-0.4, -0.2) is 84.8 Å². The number of halogens is 2. The van der Waals surface area contributed by atoms with E-state index in [-0.39, 0.29) is 24.2 Å². The number of nitrogens with one attached hydrogen (secondary N) is 1. The number of benzene rings is 1. The molecule has 1 aliphatic heterocycles. The molecule has 2 aliphatic rings. The first-order chi connectivity index (χ1) is 14.3. The van der Waals surface area contributed by atoms with Crippen LogP contribution in [-0.2, 0) is 20.9 Å². The second-order valence-electron chi connectivity index (χ2n) is 7.59. The van der Waals surface area contributed by atoms with E-state index < -0.39 is 18.4 Å². The molecule has 2 fully saturated rings. The largest absolute Gasteiger partial charge is 0.435 e. The minimum atomic E-state index is -2.87. The lowest BCUT2D eigenvalue weighted by molar-refractivity contribution is -0.147. The topological polar surface area (TPSA) is 82.2 Å². The predicted molar refractivity (Wildman–Crippen MR) is 104 cm³/mol. The molecular formula is C20H26F2N4O4. The third kappa shape index (κ3) is 6.38. The monoisotopic (exact) mass is 424 g/mol. The van der Waals surface area contributed by atoms with Crippen molar-refractivity contribution < 1.29 is 27.9 Å². The summed E-state index contributed by atoms with van der Waals surface area (Å²) in [5, 5.41) is 2.70. The lowest BCUT2D eigenvalue weighted by Crippen LogP contribution is -2.54. The van der Waals surface area contributed by atoms with Gasteiger partial charge in [-0.3, -0.25) is 19.3 Å². The number of hydrogen-bond donors (Lipinski definition) is 1. The van der Waals surface area contributed by atoms with Gasteiger partial charge in [0.05, 0.1) is 6.54 Å². The first-order valence-corrected chi connectivity index (χ1v) is 9.91. The fraction of sp³-hybridized carbons (Fsp3) is 0.550. The molecule has 164 valence electrons. The number of carbonyl (C=O) groups is 3. The zero-order valence-corrected chi connectivity index (χ0v) is 16.9. The van der Waals surface area contributed by atoms with E-state index in [0.29, 0.717) is 32.7 Å². The molecule has 0 atom stereocenters. The Balaban J connectivity index is 1.40. The molecule has 0 aromatic heterocycles. The molecule has 1 aliphatic carbocycles. The summed E-state index contributed by atoms with van der Waals surface area (Å²) in [6.45, 7) is -0.488. The molecule has 0 spiro atoms. The quantitative estimate of drug-likeness (QED) is 0.651. The van der Waals surface area contributed by atoms with Crippen LogP contribution in [0.1, 0.15) is 18.4 Å². The van der Waals surface area contributed by atoms with Crippen molar-refractivity contribution in [3.63, 3.8) is 0 Å². The normalized spacial score (nSPS) is 17.0. The summed E-state index contributed by atoms with van der Waals surface area (Å²) in [5.74, 6) is -1.08. The highest BCUT2D eigenvalue weighted by molar-refractivity contribution is 6.35. The van der Waals surface area contributed by atoms with E-state index in [0.717, 1.165) is 18.4 Å². The number of ether oxygens (including phenoxy) is 1. The number of nitrogens with zero attached hydrogens (tertiary/aromatic N) is 3. The Hall–Kier alpha value is -2.75. The third-order valence-electron chi connectivity index (χ3n) is 5.12. The van der Waals surface area contributed by atoms with Crippen molar-refractivity contribution in [3.8, 4) is 5.75 Å². The van der Waals surface area contributed by atoms with E-state index in [1.54, 1.807) is 24.1 Å². The Bertz CT molecular complexity index is 763. The van der Waals surface area contributed by atoms with Gasteiger partial charge in [0, 0.05) is 45.8 Å².